The number of hydrogen-bond donors (Lipinski definition) is 1. The summed E-state index contributed by atoms with van der Waals surface area (Å²) in [7, 11) is 0. The highest BCUT2D eigenvalue weighted by atomic mass is 16.5. The number of hydrogen-bond acceptors (Lipinski definition) is 4. The van der Waals surface area contributed by atoms with Crippen molar-refractivity contribution in [2.24, 2.45) is 5.73 Å². The van der Waals surface area contributed by atoms with Crippen LogP contribution in [0.2, 0.25) is 0 Å². The van der Waals surface area contributed by atoms with Gasteiger partial charge in [-0.3, -0.25) is 14.7 Å². The largest absolute Gasteiger partial charge is 0.379 e. The average Bonchev–Trinajstić information content (AvgIpc) is 2.65. The van der Waals surface area contributed by atoms with Crippen LogP contribution in [0.3, 0.4) is 0 Å². The minimum absolute atomic E-state index is 0.361. The van der Waals surface area contributed by atoms with Crippen molar-refractivity contribution < 1.29 is 9.53 Å². The number of pyridine rings is 1. The first-order chi connectivity index (χ1) is 11.7. The van der Waals surface area contributed by atoms with Gasteiger partial charge in [-0.2, -0.15) is 0 Å². The summed E-state index contributed by atoms with van der Waals surface area (Å²) in [4.78, 5) is 19.4. The first kappa shape index (κ1) is 16.6. The third kappa shape index (κ3) is 3.32. The Bertz CT molecular complexity index is 615. The molecule has 0 aliphatic carbocycles. The zero-order valence-electron chi connectivity index (χ0n) is 13.7. The molecule has 1 aromatic heterocycles. The van der Waals surface area contributed by atoms with E-state index in [1.807, 2.05) is 48.5 Å². The third-order valence-corrected chi connectivity index (χ3v) is 4.70. The second-order valence-corrected chi connectivity index (χ2v) is 6.05. The van der Waals surface area contributed by atoms with Crippen LogP contribution >= 0.6 is 0 Å². The summed E-state index contributed by atoms with van der Waals surface area (Å²) in [5, 5.41) is 0. The molecule has 24 heavy (non-hydrogen) atoms. The fraction of sp³-hybridized carbons (Fsp3) is 0.368. The Balaban J connectivity index is 1.97. The topological polar surface area (TPSA) is 68.5 Å². The van der Waals surface area contributed by atoms with Gasteiger partial charge >= 0.3 is 0 Å². The number of primary amides is 1. The van der Waals surface area contributed by atoms with Crippen molar-refractivity contribution in [3.8, 4) is 0 Å². The Labute approximate surface area is 142 Å². The highest BCUT2D eigenvalue weighted by molar-refractivity contribution is 5.90. The van der Waals surface area contributed by atoms with E-state index in [9.17, 15) is 4.79 Å². The van der Waals surface area contributed by atoms with Gasteiger partial charge in [-0.1, -0.05) is 36.4 Å². The van der Waals surface area contributed by atoms with E-state index in [0.717, 1.165) is 38.4 Å². The maximum absolute atomic E-state index is 12.6. The molecule has 1 aliphatic heterocycles. The molecule has 1 aromatic carbocycles. The van der Waals surface area contributed by atoms with Crippen molar-refractivity contribution in [1.82, 2.24) is 9.88 Å². The van der Waals surface area contributed by atoms with Gasteiger partial charge in [-0.25, -0.2) is 0 Å². The van der Waals surface area contributed by atoms with Crippen molar-refractivity contribution in [1.29, 1.82) is 0 Å². The van der Waals surface area contributed by atoms with E-state index in [-0.39, 0.29) is 5.91 Å². The van der Waals surface area contributed by atoms with Gasteiger partial charge in [-0.15, -0.1) is 0 Å². The molecular weight excluding hydrogens is 302 g/mol. The second kappa shape index (κ2) is 7.55. The number of morpholine rings is 1. The fourth-order valence-electron chi connectivity index (χ4n) is 3.30. The molecule has 1 saturated heterocycles. The molecule has 1 unspecified atom stereocenters. The number of amides is 1. The minimum atomic E-state index is -0.916. The van der Waals surface area contributed by atoms with Gasteiger partial charge < -0.3 is 10.5 Å². The zero-order chi connectivity index (χ0) is 16.8. The van der Waals surface area contributed by atoms with Gasteiger partial charge in [0.15, 0.2) is 0 Å². The monoisotopic (exact) mass is 325 g/mol. The molecule has 2 heterocycles. The molecule has 5 nitrogen and oxygen atoms in total. The lowest BCUT2D eigenvalue weighted by Crippen LogP contribution is -2.47. The van der Waals surface area contributed by atoms with Crippen LogP contribution in [-0.2, 0) is 14.9 Å². The van der Waals surface area contributed by atoms with Crippen molar-refractivity contribution >= 4 is 5.91 Å². The van der Waals surface area contributed by atoms with Crippen LogP contribution in [0.25, 0.3) is 0 Å². The molecule has 0 bridgehead atoms. The predicted octanol–water partition coefficient (Wildman–Crippen LogP) is 1.58. The number of nitrogens with two attached hydrogens (primary N) is 1. The average molecular weight is 325 g/mol. The van der Waals surface area contributed by atoms with Crippen molar-refractivity contribution in [3.05, 3.63) is 66.0 Å². The summed E-state index contributed by atoms with van der Waals surface area (Å²) in [6, 6.07) is 15.4. The lowest BCUT2D eigenvalue weighted by atomic mass is 9.73. The quantitative estimate of drug-likeness (QED) is 0.875. The second-order valence-electron chi connectivity index (χ2n) is 6.05. The third-order valence-electron chi connectivity index (χ3n) is 4.70. The van der Waals surface area contributed by atoms with E-state index in [1.54, 1.807) is 6.20 Å². The molecule has 1 aliphatic rings. The molecule has 2 aromatic rings. The summed E-state index contributed by atoms with van der Waals surface area (Å²) in [5.74, 6) is -0.361. The molecule has 5 heteroatoms. The number of ether oxygens (including phenoxy) is 1. The summed E-state index contributed by atoms with van der Waals surface area (Å²) in [6.07, 6.45) is 2.31. The lowest BCUT2D eigenvalue weighted by molar-refractivity contribution is -0.122. The number of benzene rings is 1. The zero-order valence-corrected chi connectivity index (χ0v) is 13.7. The van der Waals surface area contributed by atoms with Crippen molar-refractivity contribution in [3.63, 3.8) is 0 Å². The van der Waals surface area contributed by atoms with Crippen LogP contribution < -0.4 is 5.73 Å². The van der Waals surface area contributed by atoms with Gasteiger partial charge in [0.25, 0.3) is 0 Å². The Morgan fingerprint density at radius 2 is 1.83 bits per heavy atom. The molecule has 0 saturated carbocycles. The van der Waals surface area contributed by atoms with Crippen LogP contribution in [0.4, 0.5) is 0 Å². The molecule has 0 spiro atoms. The number of nitrogens with zero attached hydrogens (tertiary/aromatic N) is 2. The van der Waals surface area contributed by atoms with Crippen molar-refractivity contribution in [2.45, 2.75) is 11.8 Å². The summed E-state index contributed by atoms with van der Waals surface area (Å²) >= 11 is 0. The van der Waals surface area contributed by atoms with E-state index in [0.29, 0.717) is 12.1 Å². The SMILES string of the molecule is NC(=O)C(CCN1CCOCC1)(c1ccccc1)c1ccccn1. The van der Waals surface area contributed by atoms with Crippen LogP contribution in [0.1, 0.15) is 17.7 Å². The van der Waals surface area contributed by atoms with Crippen molar-refractivity contribution in [2.75, 3.05) is 32.8 Å². The van der Waals surface area contributed by atoms with Crippen LogP contribution in [0, 0.1) is 0 Å². The van der Waals surface area contributed by atoms with Gasteiger partial charge in [0.1, 0.15) is 5.41 Å². The Hall–Kier alpha value is -2.24. The lowest BCUT2D eigenvalue weighted by Gasteiger charge is -2.34. The molecule has 1 atom stereocenters. The smallest absolute Gasteiger partial charge is 0.234 e. The Morgan fingerprint density at radius 3 is 2.46 bits per heavy atom. The molecule has 126 valence electrons. The molecule has 0 radical (unpaired) electrons. The minimum Gasteiger partial charge on any atom is -0.379 e. The summed E-state index contributed by atoms with van der Waals surface area (Å²) in [5.41, 5.74) is 6.61. The fourth-order valence-corrected chi connectivity index (χ4v) is 3.30. The van der Waals surface area contributed by atoms with Gasteiger partial charge in [0.2, 0.25) is 5.91 Å². The van der Waals surface area contributed by atoms with Crippen LogP contribution in [-0.4, -0.2) is 48.6 Å². The maximum atomic E-state index is 12.6. The first-order valence-electron chi connectivity index (χ1n) is 8.30. The number of aromatic nitrogens is 1. The molecule has 3 rings (SSSR count). The van der Waals surface area contributed by atoms with E-state index in [1.165, 1.54) is 0 Å². The standard InChI is InChI=1S/C19H23N3O2/c20-18(23)19(16-6-2-1-3-7-16,17-8-4-5-10-21-17)9-11-22-12-14-24-15-13-22/h1-8,10H,9,11-15H2,(H2,20,23). The Morgan fingerprint density at radius 1 is 1.12 bits per heavy atom. The number of rotatable bonds is 6. The van der Waals surface area contributed by atoms with Gasteiger partial charge in [-0.05, 0) is 24.1 Å². The van der Waals surface area contributed by atoms with E-state index >= 15 is 0 Å². The predicted molar refractivity (Wildman–Crippen MR) is 92.5 cm³/mol. The number of carbonyl (C=O) groups is 1. The molecule has 2 N–H and O–H groups in total. The van der Waals surface area contributed by atoms with Crippen LogP contribution in [0.15, 0.2) is 54.7 Å². The van der Waals surface area contributed by atoms with Gasteiger partial charge in [0.05, 0.1) is 18.9 Å². The number of carbonyl (C=O) groups excluding carboxylic acids is 1. The summed E-state index contributed by atoms with van der Waals surface area (Å²) in [6.45, 7) is 4.01. The van der Waals surface area contributed by atoms with Gasteiger partial charge in [0, 0.05) is 25.8 Å². The maximum Gasteiger partial charge on any atom is 0.234 e. The van der Waals surface area contributed by atoms with E-state index in [4.69, 9.17) is 10.5 Å². The molecule has 1 fully saturated rings. The van der Waals surface area contributed by atoms with E-state index < -0.39 is 5.41 Å². The highest BCUT2D eigenvalue weighted by Gasteiger charge is 2.41. The Kier molecular flexibility index (Phi) is 5.23. The normalized spacial score (nSPS) is 18.0. The first-order valence-corrected chi connectivity index (χ1v) is 8.30. The highest BCUT2D eigenvalue weighted by Crippen LogP contribution is 2.34. The van der Waals surface area contributed by atoms with Crippen LogP contribution in [0.5, 0.6) is 0 Å². The summed E-state index contributed by atoms with van der Waals surface area (Å²) < 4.78 is 5.40. The molecule has 1 amide bonds. The molecular formula is C19H23N3O2. The van der Waals surface area contributed by atoms with E-state index in [2.05, 4.69) is 9.88 Å².